The van der Waals surface area contributed by atoms with Crippen molar-refractivity contribution in [1.82, 2.24) is 15.3 Å². The number of nitrogens with two attached hydrogens (primary N) is 1. The Morgan fingerprint density at radius 3 is 3.05 bits per heavy atom. The number of hydrogen-bond donors (Lipinski definition) is 3. The van der Waals surface area contributed by atoms with Crippen LogP contribution in [0, 0.1) is 0 Å². The second kappa shape index (κ2) is 6.15. The van der Waals surface area contributed by atoms with Crippen molar-refractivity contribution in [3.8, 4) is 0 Å². The van der Waals surface area contributed by atoms with Crippen LogP contribution in [0.15, 0.2) is 36.7 Å². The first-order valence-corrected chi connectivity index (χ1v) is 6.30. The number of aromatic amines is 1. The Kier molecular flexibility index (Phi) is 4.30. The number of rotatable bonds is 5. The molecule has 0 saturated heterocycles. The largest absolute Gasteiger partial charge is 0.347 e. The summed E-state index contributed by atoms with van der Waals surface area (Å²) >= 11 is 0. The molecule has 0 saturated carbocycles. The normalized spacial score (nSPS) is 12.1. The van der Waals surface area contributed by atoms with Crippen molar-refractivity contribution in [3.63, 3.8) is 0 Å². The summed E-state index contributed by atoms with van der Waals surface area (Å²) in [5, 5.41) is 2.90. The lowest BCUT2D eigenvalue weighted by molar-refractivity contribution is 0.0938. The minimum absolute atomic E-state index is 0.109. The molecule has 0 fully saturated rings. The van der Waals surface area contributed by atoms with Gasteiger partial charge in [0.05, 0.1) is 6.04 Å². The molecule has 0 bridgehead atoms. The minimum atomic E-state index is -0.152. The second-order valence-corrected chi connectivity index (χ2v) is 4.41. The summed E-state index contributed by atoms with van der Waals surface area (Å²) in [7, 11) is 0. The molecule has 0 aliphatic heterocycles. The molecule has 5 heteroatoms. The van der Waals surface area contributed by atoms with E-state index in [-0.39, 0.29) is 11.9 Å². The van der Waals surface area contributed by atoms with E-state index in [9.17, 15) is 4.79 Å². The maximum absolute atomic E-state index is 12.1. The number of carbonyl (C=O) groups is 1. The van der Waals surface area contributed by atoms with Crippen LogP contribution in [-0.2, 0) is 6.42 Å². The fourth-order valence-corrected chi connectivity index (χ4v) is 1.90. The predicted octanol–water partition coefficient (Wildman–Crippen LogP) is 1.40. The zero-order valence-electron chi connectivity index (χ0n) is 10.9. The quantitative estimate of drug-likeness (QED) is 0.758. The molecule has 100 valence electrons. The van der Waals surface area contributed by atoms with E-state index in [1.807, 2.05) is 25.1 Å². The third-order valence-electron chi connectivity index (χ3n) is 2.90. The summed E-state index contributed by atoms with van der Waals surface area (Å²) in [4.78, 5) is 19.2. The summed E-state index contributed by atoms with van der Waals surface area (Å²) < 4.78 is 0. The third-order valence-corrected chi connectivity index (χ3v) is 2.90. The van der Waals surface area contributed by atoms with Crippen LogP contribution in [0.3, 0.4) is 0 Å². The van der Waals surface area contributed by atoms with Crippen molar-refractivity contribution in [2.45, 2.75) is 19.4 Å². The highest BCUT2D eigenvalue weighted by molar-refractivity contribution is 5.94. The van der Waals surface area contributed by atoms with Crippen LogP contribution in [0.1, 0.15) is 34.7 Å². The number of carbonyl (C=O) groups excluding carboxylic acids is 1. The van der Waals surface area contributed by atoms with Crippen LogP contribution in [0.25, 0.3) is 0 Å². The van der Waals surface area contributed by atoms with E-state index in [1.165, 1.54) is 0 Å². The molecule has 2 rings (SSSR count). The number of H-pyrrole nitrogens is 1. The predicted molar refractivity (Wildman–Crippen MR) is 73.7 cm³/mol. The molecule has 1 heterocycles. The Balaban J connectivity index is 2.05. The lowest BCUT2D eigenvalue weighted by Gasteiger charge is -2.12. The van der Waals surface area contributed by atoms with Crippen LogP contribution in [-0.4, -0.2) is 22.4 Å². The van der Waals surface area contributed by atoms with Gasteiger partial charge in [-0.1, -0.05) is 12.1 Å². The summed E-state index contributed by atoms with van der Waals surface area (Å²) in [6, 6.07) is 7.36. The topological polar surface area (TPSA) is 83.8 Å². The minimum Gasteiger partial charge on any atom is -0.347 e. The van der Waals surface area contributed by atoms with Crippen LogP contribution in [0.5, 0.6) is 0 Å². The maximum Gasteiger partial charge on any atom is 0.251 e. The SMILES string of the molecule is CC(NC(=O)c1cccc(CCN)c1)c1ncc[nH]1. The van der Waals surface area contributed by atoms with Gasteiger partial charge in [-0.3, -0.25) is 4.79 Å². The molecule has 4 N–H and O–H groups in total. The first kappa shape index (κ1) is 13.3. The van der Waals surface area contributed by atoms with Gasteiger partial charge in [0.2, 0.25) is 0 Å². The van der Waals surface area contributed by atoms with Crippen LogP contribution < -0.4 is 11.1 Å². The highest BCUT2D eigenvalue weighted by atomic mass is 16.1. The lowest BCUT2D eigenvalue weighted by Crippen LogP contribution is -2.27. The third kappa shape index (κ3) is 3.42. The van der Waals surface area contributed by atoms with Crippen LogP contribution in [0.4, 0.5) is 0 Å². The van der Waals surface area contributed by atoms with Crippen molar-refractivity contribution >= 4 is 5.91 Å². The molecular formula is C14H18N4O. The smallest absolute Gasteiger partial charge is 0.251 e. The zero-order chi connectivity index (χ0) is 13.7. The first-order chi connectivity index (χ1) is 9.20. The maximum atomic E-state index is 12.1. The van der Waals surface area contributed by atoms with Gasteiger partial charge in [-0.2, -0.15) is 0 Å². The number of benzene rings is 1. The van der Waals surface area contributed by atoms with E-state index in [4.69, 9.17) is 5.73 Å². The molecule has 1 aromatic heterocycles. The Morgan fingerprint density at radius 2 is 2.37 bits per heavy atom. The number of aromatic nitrogens is 2. The van der Waals surface area contributed by atoms with Crippen molar-refractivity contribution in [1.29, 1.82) is 0 Å². The Labute approximate surface area is 112 Å². The number of nitrogens with one attached hydrogen (secondary N) is 2. The van der Waals surface area contributed by atoms with Crippen molar-refractivity contribution in [2.75, 3.05) is 6.54 Å². The number of imidazole rings is 1. The van der Waals surface area contributed by atoms with Gasteiger partial charge in [0, 0.05) is 18.0 Å². The summed E-state index contributed by atoms with van der Waals surface area (Å²) in [6.07, 6.45) is 4.18. The van der Waals surface area contributed by atoms with Crippen molar-refractivity contribution in [3.05, 3.63) is 53.6 Å². The fourth-order valence-electron chi connectivity index (χ4n) is 1.90. The molecule has 1 atom stereocenters. The summed E-state index contributed by atoms with van der Waals surface area (Å²) in [5.74, 6) is 0.634. The molecule has 5 nitrogen and oxygen atoms in total. The highest BCUT2D eigenvalue weighted by Crippen LogP contribution is 2.10. The van der Waals surface area contributed by atoms with Gasteiger partial charge in [0.1, 0.15) is 5.82 Å². The molecule has 0 aliphatic rings. The molecule has 0 aliphatic carbocycles. The molecule has 0 radical (unpaired) electrons. The van der Waals surface area contributed by atoms with Gasteiger partial charge in [-0.25, -0.2) is 4.98 Å². The van der Waals surface area contributed by atoms with Crippen molar-refractivity contribution < 1.29 is 4.79 Å². The first-order valence-electron chi connectivity index (χ1n) is 6.30. The second-order valence-electron chi connectivity index (χ2n) is 4.41. The van der Waals surface area contributed by atoms with E-state index < -0.39 is 0 Å². The Bertz CT molecular complexity index is 536. The van der Waals surface area contributed by atoms with Crippen molar-refractivity contribution in [2.24, 2.45) is 5.73 Å². The molecule has 2 aromatic rings. The van der Waals surface area contributed by atoms with E-state index in [0.29, 0.717) is 12.1 Å². The molecular weight excluding hydrogens is 240 g/mol. The number of amides is 1. The number of hydrogen-bond acceptors (Lipinski definition) is 3. The van der Waals surface area contributed by atoms with Gasteiger partial charge in [-0.15, -0.1) is 0 Å². The Hall–Kier alpha value is -2.14. The monoisotopic (exact) mass is 258 g/mol. The summed E-state index contributed by atoms with van der Waals surface area (Å²) in [6.45, 7) is 2.47. The van der Waals surface area contributed by atoms with Gasteiger partial charge in [0.25, 0.3) is 5.91 Å². The standard InChI is InChI=1S/C14H18N4O/c1-10(13-16-7-8-17-13)18-14(19)12-4-2-3-11(9-12)5-6-15/h2-4,7-10H,5-6,15H2,1H3,(H,16,17)(H,18,19). The molecule has 19 heavy (non-hydrogen) atoms. The molecule has 1 amide bonds. The average Bonchev–Trinajstić information content (AvgIpc) is 2.93. The lowest BCUT2D eigenvalue weighted by atomic mass is 10.1. The average molecular weight is 258 g/mol. The molecule has 1 unspecified atom stereocenters. The van der Waals surface area contributed by atoms with Gasteiger partial charge in [-0.05, 0) is 37.6 Å². The zero-order valence-corrected chi connectivity index (χ0v) is 10.9. The van der Waals surface area contributed by atoms with E-state index >= 15 is 0 Å². The van der Waals surface area contributed by atoms with Gasteiger partial charge in [0.15, 0.2) is 0 Å². The number of nitrogens with zero attached hydrogens (tertiary/aromatic N) is 1. The van der Waals surface area contributed by atoms with Crippen LogP contribution >= 0.6 is 0 Å². The molecule has 0 spiro atoms. The van der Waals surface area contributed by atoms with E-state index in [2.05, 4.69) is 15.3 Å². The van der Waals surface area contributed by atoms with E-state index in [0.717, 1.165) is 17.8 Å². The van der Waals surface area contributed by atoms with E-state index in [1.54, 1.807) is 18.5 Å². The Morgan fingerprint density at radius 1 is 1.53 bits per heavy atom. The fraction of sp³-hybridized carbons (Fsp3) is 0.286. The van der Waals surface area contributed by atoms with Gasteiger partial charge < -0.3 is 16.0 Å². The summed E-state index contributed by atoms with van der Waals surface area (Å²) in [5.41, 5.74) is 7.23. The van der Waals surface area contributed by atoms with Gasteiger partial charge >= 0.3 is 0 Å². The molecule has 1 aromatic carbocycles. The highest BCUT2D eigenvalue weighted by Gasteiger charge is 2.13. The van der Waals surface area contributed by atoms with Crippen LogP contribution in [0.2, 0.25) is 0 Å².